The Hall–Kier alpha value is -4.10. The van der Waals surface area contributed by atoms with Gasteiger partial charge in [0.15, 0.2) is 23.0 Å². The molecule has 0 aliphatic carbocycles. The lowest BCUT2D eigenvalue weighted by Crippen LogP contribution is -2.52. The van der Waals surface area contributed by atoms with Crippen LogP contribution in [0.15, 0.2) is 51.8 Å². The molecule has 1 saturated heterocycles. The molecule has 4 rings (SSSR count). The predicted molar refractivity (Wildman–Crippen MR) is 158 cm³/mol. The number of nitrogens with zero attached hydrogens (tertiary/aromatic N) is 1. The van der Waals surface area contributed by atoms with Crippen LogP contribution in [0.5, 0.6) is 17.2 Å². The molecule has 43 heavy (non-hydrogen) atoms. The molecule has 13 heteroatoms. The minimum absolute atomic E-state index is 0.0171. The second-order valence-corrected chi connectivity index (χ2v) is 12.6. The Balaban J connectivity index is 1.47. The molecule has 2 heterocycles. The van der Waals surface area contributed by atoms with E-state index >= 15 is 0 Å². The van der Waals surface area contributed by atoms with E-state index in [4.69, 9.17) is 18.6 Å². The monoisotopic (exact) mass is 615 g/mol. The van der Waals surface area contributed by atoms with Crippen LogP contribution in [0.2, 0.25) is 0 Å². The normalized spacial score (nSPS) is 16.9. The van der Waals surface area contributed by atoms with Crippen LogP contribution in [0, 0.1) is 5.92 Å². The molecule has 1 aromatic heterocycles. The van der Waals surface area contributed by atoms with Crippen LogP contribution < -0.4 is 24.8 Å². The molecule has 0 spiro atoms. The smallest absolute Gasteiger partial charge is 0.287 e. The number of sulfonamides is 1. The molecule has 2 aromatic carbocycles. The van der Waals surface area contributed by atoms with Crippen molar-refractivity contribution >= 4 is 38.6 Å². The van der Waals surface area contributed by atoms with Crippen LogP contribution in [0.1, 0.15) is 43.7 Å². The zero-order chi connectivity index (χ0) is 31.3. The SMILES string of the molecule is COc1cccc(S(=O)(=O)N2CCC[C@H](NC(=O)C(CC(C)C)NC(=O)c3cc4c(OC)c(OC)ccc4o3)C(=O)C2)c1. The summed E-state index contributed by atoms with van der Waals surface area (Å²) >= 11 is 0. The summed E-state index contributed by atoms with van der Waals surface area (Å²) < 4.78 is 49.3. The van der Waals surface area contributed by atoms with Crippen LogP contribution in [0.4, 0.5) is 0 Å². The first kappa shape index (κ1) is 31.8. The van der Waals surface area contributed by atoms with Gasteiger partial charge < -0.3 is 29.3 Å². The lowest BCUT2D eigenvalue weighted by atomic mass is 10.0. The van der Waals surface area contributed by atoms with Gasteiger partial charge in [0, 0.05) is 18.7 Å². The highest BCUT2D eigenvalue weighted by Crippen LogP contribution is 2.37. The molecule has 1 aliphatic heterocycles. The number of carbonyl (C=O) groups excluding carboxylic acids is 3. The lowest BCUT2D eigenvalue weighted by Gasteiger charge is -2.23. The summed E-state index contributed by atoms with van der Waals surface area (Å²) in [5.41, 5.74) is 0.408. The van der Waals surface area contributed by atoms with Gasteiger partial charge in [-0.1, -0.05) is 19.9 Å². The summed E-state index contributed by atoms with van der Waals surface area (Å²) in [5, 5.41) is 6.02. The van der Waals surface area contributed by atoms with E-state index in [2.05, 4.69) is 10.6 Å². The summed E-state index contributed by atoms with van der Waals surface area (Å²) in [5.74, 6) is -0.314. The summed E-state index contributed by atoms with van der Waals surface area (Å²) in [4.78, 5) is 39.8. The summed E-state index contributed by atoms with van der Waals surface area (Å²) in [6, 6.07) is 9.00. The third-order valence-corrected chi connectivity index (χ3v) is 9.05. The number of Topliss-reactive ketones (excluding diaryl/α,β-unsaturated/α-hetero) is 1. The lowest BCUT2D eigenvalue weighted by molar-refractivity contribution is -0.129. The van der Waals surface area contributed by atoms with Gasteiger partial charge in [-0.25, -0.2) is 8.42 Å². The van der Waals surface area contributed by atoms with Crippen molar-refractivity contribution in [2.45, 2.75) is 50.1 Å². The zero-order valence-corrected chi connectivity index (χ0v) is 25.7. The van der Waals surface area contributed by atoms with Crippen molar-refractivity contribution in [2.75, 3.05) is 34.4 Å². The molecular weight excluding hydrogens is 578 g/mol. The van der Waals surface area contributed by atoms with E-state index in [0.717, 1.165) is 4.31 Å². The van der Waals surface area contributed by atoms with Gasteiger partial charge in [-0.3, -0.25) is 14.4 Å². The van der Waals surface area contributed by atoms with Gasteiger partial charge in [0.05, 0.1) is 44.2 Å². The van der Waals surface area contributed by atoms with Crippen molar-refractivity contribution < 1.29 is 41.4 Å². The van der Waals surface area contributed by atoms with Crippen molar-refractivity contribution in [3.63, 3.8) is 0 Å². The number of ether oxygens (including phenoxy) is 3. The molecule has 0 saturated carbocycles. The summed E-state index contributed by atoms with van der Waals surface area (Å²) in [6.45, 7) is 3.53. The number of hydrogen-bond acceptors (Lipinski definition) is 9. The van der Waals surface area contributed by atoms with Gasteiger partial charge in [-0.05, 0) is 49.4 Å². The summed E-state index contributed by atoms with van der Waals surface area (Å²) in [6.07, 6.45) is 0.903. The topological polar surface area (TPSA) is 153 Å². The number of furan rings is 1. The maximum Gasteiger partial charge on any atom is 0.287 e. The molecule has 1 fully saturated rings. The van der Waals surface area contributed by atoms with Crippen molar-refractivity contribution in [3.8, 4) is 17.2 Å². The number of rotatable bonds is 11. The van der Waals surface area contributed by atoms with Gasteiger partial charge in [0.25, 0.3) is 5.91 Å². The van der Waals surface area contributed by atoms with E-state index in [1.54, 1.807) is 24.3 Å². The molecule has 2 N–H and O–H groups in total. The number of carbonyl (C=O) groups is 3. The minimum atomic E-state index is -3.97. The van der Waals surface area contributed by atoms with E-state index in [0.29, 0.717) is 41.1 Å². The zero-order valence-electron chi connectivity index (χ0n) is 24.8. The Kier molecular flexibility index (Phi) is 9.97. The highest BCUT2D eigenvalue weighted by atomic mass is 32.2. The second-order valence-electron chi connectivity index (χ2n) is 10.7. The number of fused-ring (bicyclic) bond motifs is 1. The Morgan fingerprint density at radius 1 is 1.07 bits per heavy atom. The fourth-order valence-electron chi connectivity index (χ4n) is 5.02. The second kappa shape index (κ2) is 13.5. The largest absolute Gasteiger partial charge is 0.497 e. The third-order valence-electron chi connectivity index (χ3n) is 7.21. The minimum Gasteiger partial charge on any atom is -0.497 e. The molecule has 2 amide bonds. The Labute approximate surface area is 250 Å². The molecule has 0 radical (unpaired) electrons. The van der Waals surface area contributed by atoms with Crippen molar-refractivity contribution in [1.29, 1.82) is 0 Å². The number of benzene rings is 2. The molecule has 2 atom stereocenters. The van der Waals surface area contributed by atoms with Crippen LogP contribution in [0.25, 0.3) is 11.0 Å². The Bertz CT molecular complexity index is 1600. The molecule has 1 unspecified atom stereocenters. The first-order valence-electron chi connectivity index (χ1n) is 13.9. The molecule has 12 nitrogen and oxygen atoms in total. The van der Waals surface area contributed by atoms with Gasteiger partial charge in [0.2, 0.25) is 15.9 Å². The number of hydrogen-bond donors (Lipinski definition) is 2. The van der Waals surface area contributed by atoms with Crippen molar-refractivity contribution in [3.05, 3.63) is 48.2 Å². The van der Waals surface area contributed by atoms with Crippen molar-refractivity contribution in [2.24, 2.45) is 5.92 Å². The number of methoxy groups -OCH3 is 3. The molecule has 232 valence electrons. The number of amides is 2. The fourth-order valence-corrected chi connectivity index (χ4v) is 6.50. The Morgan fingerprint density at radius 2 is 1.84 bits per heavy atom. The molecule has 1 aliphatic rings. The average molecular weight is 616 g/mol. The van der Waals surface area contributed by atoms with Crippen LogP contribution in [-0.2, 0) is 19.6 Å². The maximum absolute atomic E-state index is 13.4. The first-order valence-corrected chi connectivity index (χ1v) is 15.3. The average Bonchev–Trinajstić information content (AvgIpc) is 3.34. The Morgan fingerprint density at radius 3 is 2.51 bits per heavy atom. The quantitative estimate of drug-likeness (QED) is 0.331. The highest BCUT2D eigenvalue weighted by Gasteiger charge is 2.35. The van der Waals surface area contributed by atoms with E-state index in [1.165, 1.54) is 39.5 Å². The number of nitrogens with one attached hydrogen (secondary N) is 2. The first-order chi connectivity index (χ1) is 20.5. The molecular formula is C30H37N3O9S. The molecule has 0 bridgehead atoms. The van der Waals surface area contributed by atoms with Gasteiger partial charge >= 0.3 is 0 Å². The standard InChI is InChI=1S/C30H37N3O9S/c1-18(2)14-23(32-30(36)27-16-21-25(42-27)11-12-26(40-4)28(21)41-5)29(35)31-22-10-7-13-33(17-24(22)34)43(37,38)20-9-6-8-19(15-20)39-3/h6,8-9,11-12,15-16,18,22-23H,7,10,13-14,17H2,1-5H3,(H,31,35)(H,32,36)/t22-,23?/m0/s1. The van der Waals surface area contributed by atoms with E-state index in [1.807, 2.05) is 13.8 Å². The third kappa shape index (κ3) is 7.11. The molecule has 3 aromatic rings. The van der Waals surface area contributed by atoms with Gasteiger partial charge in [-0.15, -0.1) is 0 Å². The van der Waals surface area contributed by atoms with Gasteiger partial charge in [0.1, 0.15) is 17.4 Å². The van der Waals surface area contributed by atoms with Crippen LogP contribution in [-0.4, -0.2) is 76.8 Å². The predicted octanol–water partition coefficient (Wildman–Crippen LogP) is 3.14. The summed E-state index contributed by atoms with van der Waals surface area (Å²) in [7, 11) is 0.457. The van der Waals surface area contributed by atoms with Crippen molar-refractivity contribution in [1.82, 2.24) is 14.9 Å². The van der Waals surface area contributed by atoms with Crippen LogP contribution in [0.3, 0.4) is 0 Å². The highest BCUT2D eigenvalue weighted by molar-refractivity contribution is 7.89. The van der Waals surface area contributed by atoms with E-state index in [9.17, 15) is 22.8 Å². The number of ketones is 1. The van der Waals surface area contributed by atoms with E-state index in [-0.39, 0.29) is 29.5 Å². The van der Waals surface area contributed by atoms with E-state index < -0.39 is 46.2 Å². The maximum atomic E-state index is 13.4. The van der Waals surface area contributed by atoms with Crippen LogP contribution >= 0.6 is 0 Å². The van der Waals surface area contributed by atoms with Gasteiger partial charge in [-0.2, -0.15) is 4.31 Å². The fraction of sp³-hybridized carbons (Fsp3) is 0.433.